The molecule has 0 atom stereocenters. The summed E-state index contributed by atoms with van der Waals surface area (Å²) in [5.74, 6) is 0.632. The Bertz CT molecular complexity index is 399. The molecule has 4 nitrogen and oxygen atoms in total. The lowest BCUT2D eigenvalue weighted by molar-refractivity contribution is 0.397. The fourth-order valence-electron chi connectivity index (χ4n) is 1.12. The summed E-state index contributed by atoms with van der Waals surface area (Å²) in [4.78, 5) is 8.25. The number of hydrogen-bond acceptors (Lipinski definition) is 5. The molecule has 0 aromatic carbocycles. The monoisotopic (exact) mass is 221 g/mol. The van der Waals surface area contributed by atoms with Gasteiger partial charge in [0.15, 0.2) is 5.13 Å². The summed E-state index contributed by atoms with van der Waals surface area (Å²) in [5.41, 5.74) is 1.10. The molecule has 0 aliphatic carbocycles. The number of thiazole rings is 1. The number of methoxy groups -OCH3 is 1. The largest absolute Gasteiger partial charge is 0.481 e. The predicted molar refractivity (Wildman–Crippen MR) is 60.2 cm³/mol. The van der Waals surface area contributed by atoms with Gasteiger partial charge < -0.3 is 10.1 Å². The molecule has 0 radical (unpaired) electrons. The van der Waals surface area contributed by atoms with Crippen LogP contribution in [0, 0.1) is 0 Å². The highest BCUT2D eigenvalue weighted by atomic mass is 32.1. The van der Waals surface area contributed by atoms with E-state index in [-0.39, 0.29) is 0 Å². The van der Waals surface area contributed by atoms with Crippen LogP contribution in [0.5, 0.6) is 5.88 Å². The van der Waals surface area contributed by atoms with Crippen LogP contribution < -0.4 is 10.1 Å². The lowest BCUT2D eigenvalue weighted by Gasteiger charge is -2.03. The van der Waals surface area contributed by atoms with Gasteiger partial charge in [0.25, 0.3) is 0 Å². The van der Waals surface area contributed by atoms with Crippen molar-refractivity contribution in [2.45, 2.75) is 6.54 Å². The highest BCUT2D eigenvalue weighted by molar-refractivity contribution is 7.13. The van der Waals surface area contributed by atoms with Crippen LogP contribution in [0.15, 0.2) is 29.9 Å². The summed E-state index contributed by atoms with van der Waals surface area (Å²) >= 11 is 1.58. The summed E-state index contributed by atoms with van der Waals surface area (Å²) in [6.07, 6.45) is 3.57. The molecule has 0 fully saturated rings. The van der Waals surface area contributed by atoms with Crippen molar-refractivity contribution < 1.29 is 4.74 Å². The van der Waals surface area contributed by atoms with Crippen LogP contribution in [0.25, 0.3) is 0 Å². The van der Waals surface area contributed by atoms with Crippen LogP contribution in [-0.2, 0) is 6.54 Å². The number of nitrogens with one attached hydrogen (secondary N) is 1. The van der Waals surface area contributed by atoms with Gasteiger partial charge in [-0.1, -0.05) is 6.07 Å². The van der Waals surface area contributed by atoms with E-state index in [4.69, 9.17) is 4.74 Å². The van der Waals surface area contributed by atoms with Crippen LogP contribution in [-0.4, -0.2) is 17.1 Å². The van der Waals surface area contributed by atoms with Gasteiger partial charge >= 0.3 is 0 Å². The van der Waals surface area contributed by atoms with Gasteiger partial charge in [0.2, 0.25) is 5.88 Å². The lowest BCUT2D eigenvalue weighted by atomic mass is 10.3. The van der Waals surface area contributed by atoms with Crippen LogP contribution in [0.2, 0.25) is 0 Å². The summed E-state index contributed by atoms with van der Waals surface area (Å²) < 4.78 is 4.98. The number of rotatable bonds is 4. The van der Waals surface area contributed by atoms with Gasteiger partial charge in [-0.15, -0.1) is 11.3 Å². The minimum Gasteiger partial charge on any atom is -0.481 e. The van der Waals surface area contributed by atoms with E-state index < -0.39 is 0 Å². The first-order valence-corrected chi connectivity index (χ1v) is 5.39. The predicted octanol–water partition coefficient (Wildman–Crippen LogP) is 2.16. The Balaban J connectivity index is 1.93. The summed E-state index contributed by atoms with van der Waals surface area (Å²) in [5, 5.41) is 6.07. The fourth-order valence-corrected chi connectivity index (χ4v) is 1.65. The maximum atomic E-state index is 4.98. The molecule has 0 amide bonds. The van der Waals surface area contributed by atoms with E-state index in [2.05, 4.69) is 15.3 Å². The Hall–Kier alpha value is -1.62. The molecule has 0 aliphatic rings. The normalized spacial score (nSPS) is 9.93. The zero-order valence-electron chi connectivity index (χ0n) is 8.30. The second-order valence-electron chi connectivity index (χ2n) is 2.90. The summed E-state index contributed by atoms with van der Waals surface area (Å²) in [6, 6.07) is 3.82. The van der Waals surface area contributed by atoms with Crippen molar-refractivity contribution in [2.24, 2.45) is 0 Å². The molecule has 78 valence electrons. The minimum atomic E-state index is 0.632. The maximum absolute atomic E-state index is 4.98. The van der Waals surface area contributed by atoms with E-state index in [0.717, 1.165) is 17.2 Å². The first-order chi connectivity index (χ1) is 7.38. The maximum Gasteiger partial charge on any atom is 0.212 e. The van der Waals surface area contributed by atoms with Gasteiger partial charge in [-0.2, -0.15) is 0 Å². The first-order valence-electron chi connectivity index (χ1n) is 4.51. The van der Waals surface area contributed by atoms with Crippen molar-refractivity contribution >= 4 is 16.5 Å². The van der Waals surface area contributed by atoms with Gasteiger partial charge in [0, 0.05) is 30.4 Å². The van der Waals surface area contributed by atoms with Gasteiger partial charge in [0.1, 0.15) is 0 Å². The van der Waals surface area contributed by atoms with Crippen LogP contribution in [0.1, 0.15) is 5.56 Å². The third-order valence-corrected chi connectivity index (χ3v) is 2.61. The fraction of sp³-hybridized carbons (Fsp3) is 0.200. The molecule has 2 aromatic heterocycles. The van der Waals surface area contributed by atoms with E-state index in [1.807, 2.05) is 17.5 Å². The van der Waals surface area contributed by atoms with Crippen molar-refractivity contribution in [2.75, 3.05) is 12.4 Å². The molecule has 2 rings (SSSR count). The number of anilines is 1. The molecule has 0 aliphatic heterocycles. The SMILES string of the molecule is COc1ccc(CNc2nccs2)cn1. The average molecular weight is 221 g/mol. The molecule has 0 unspecified atom stereocenters. The highest BCUT2D eigenvalue weighted by Crippen LogP contribution is 2.12. The van der Waals surface area contributed by atoms with Crippen molar-refractivity contribution in [3.05, 3.63) is 35.5 Å². The van der Waals surface area contributed by atoms with E-state index in [1.165, 1.54) is 0 Å². The number of nitrogens with zero attached hydrogens (tertiary/aromatic N) is 2. The van der Waals surface area contributed by atoms with Crippen molar-refractivity contribution in [3.8, 4) is 5.88 Å². The van der Waals surface area contributed by atoms with Crippen molar-refractivity contribution in [1.82, 2.24) is 9.97 Å². The molecule has 0 bridgehead atoms. The van der Waals surface area contributed by atoms with Crippen LogP contribution in [0.4, 0.5) is 5.13 Å². The molecule has 0 saturated heterocycles. The van der Waals surface area contributed by atoms with Crippen molar-refractivity contribution in [1.29, 1.82) is 0 Å². The second kappa shape index (κ2) is 4.75. The third kappa shape index (κ3) is 2.66. The van der Waals surface area contributed by atoms with Gasteiger partial charge in [-0.3, -0.25) is 0 Å². The van der Waals surface area contributed by atoms with E-state index in [9.17, 15) is 0 Å². The van der Waals surface area contributed by atoms with Gasteiger partial charge in [-0.05, 0) is 5.56 Å². The average Bonchev–Trinajstić information content (AvgIpc) is 2.80. The highest BCUT2D eigenvalue weighted by Gasteiger charge is 1.97. The Morgan fingerprint density at radius 1 is 1.40 bits per heavy atom. The molecule has 15 heavy (non-hydrogen) atoms. The summed E-state index contributed by atoms with van der Waals surface area (Å²) in [6.45, 7) is 0.727. The Morgan fingerprint density at radius 3 is 2.93 bits per heavy atom. The lowest BCUT2D eigenvalue weighted by Crippen LogP contribution is -1.99. The number of aromatic nitrogens is 2. The van der Waals surface area contributed by atoms with E-state index in [0.29, 0.717) is 5.88 Å². The Morgan fingerprint density at radius 2 is 2.33 bits per heavy atom. The second-order valence-corrected chi connectivity index (χ2v) is 3.79. The Labute approximate surface area is 92.0 Å². The molecular formula is C10H11N3OS. The first kappa shape index (κ1) is 9.92. The van der Waals surface area contributed by atoms with Crippen LogP contribution >= 0.6 is 11.3 Å². The number of pyridine rings is 1. The minimum absolute atomic E-state index is 0.632. The smallest absolute Gasteiger partial charge is 0.212 e. The Kier molecular flexibility index (Phi) is 3.14. The zero-order chi connectivity index (χ0) is 10.5. The molecule has 0 saturated carbocycles. The topological polar surface area (TPSA) is 47.0 Å². The molecule has 2 aromatic rings. The van der Waals surface area contributed by atoms with Crippen molar-refractivity contribution in [3.63, 3.8) is 0 Å². The quantitative estimate of drug-likeness (QED) is 0.859. The number of hydrogen-bond donors (Lipinski definition) is 1. The molecule has 1 N–H and O–H groups in total. The standard InChI is InChI=1S/C10H11N3OS/c1-14-9-3-2-8(6-12-9)7-13-10-11-4-5-15-10/h2-6H,7H2,1H3,(H,11,13). The molecular weight excluding hydrogens is 210 g/mol. The third-order valence-electron chi connectivity index (χ3n) is 1.88. The van der Waals surface area contributed by atoms with Gasteiger partial charge in [0.05, 0.1) is 7.11 Å². The molecule has 5 heteroatoms. The van der Waals surface area contributed by atoms with Crippen LogP contribution in [0.3, 0.4) is 0 Å². The van der Waals surface area contributed by atoms with Gasteiger partial charge in [-0.25, -0.2) is 9.97 Å². The summed E-state index contributed by atoms with van der Waals surface area (Å²) in [7, 11) is 1.61. The zero-order valence-corrected chi connectivity index (χ0v) is 9.12. The number of ether oxygens (including phenoxy) is 1. The van der Waals surface area contributed by atoms with E-state index in [1.54, 1.807) is 30.8 Å². The molecule has 0 spiro atoms. The molecule has 2 heterocycles. The van der Waals surface area contributed by atoms with E-state index >= 15 is 0 Å².